The molecule has 3 nitrogen and oxygen atoms in total. The van der Waals surface area contributed by atoms with Crippen LogP contribution in [0.2, 0.25) is 0 Å². The van der Waals surface area contributed by atoms with E-state index < -0.39 is 0 Å². The molecule has 0 bridgehead atoms. The fourth-order valence-corrected chi connectivity index (χ4v) is 2.60. The van der Waals surface area contributed by atoms with Gasteiger partial charge in [0.25, 0.3) is 0 Å². The number of aromatic nitrogens is 2. The Hall–Kier alpha value is -0.580. The van der Waals surface area contributed by atoms with E-state index in [9.17, 15) is 0 Å². The molecule has 1 heterocycles. The Labute approximate surface area is 120 Å². The van der Waals surface area contributed by atoms with Crippen molar-refractivity contribution in [2.24, 2.45) is 0 Å². The van der Waals surface area contributed by atoms with E-state index >= 15 is 0 Å². The molecule has 0 saturated heterocycles. The Morgan fingerprint density at radius 3 is 2.94 bits per heavy atom. The highest BCUT2D eigenvalue weighted by atomic mass is 79.9. The summed E-state index contributed by atoms with van der Waals surface area (Å²) >= 11 is 9.46. The summed E-state index contributed by atoms with van der Waals surface area (Å²) in [4.78, 5) is 4.54. The van der Waals surface area contributed by atoms with Crippen molar-refractivity contribution in [1.82, 2.24) is 9.55 Å². The van der Waals surface area contributed by atoms with Crippen LogP contribution in [0.1, 0.15) is 19.7 Å². The molecule has 2 aromatic rings. The minimum Gasteiger partial charge on any atom is -0.377 e. The van der Waals surface area contributed by atoms with Gasteiger partial charge in [-0.3, -0.25) is 0 Å². The Kier molecular flexibility index (Phi) is 4.65. The monoisotopic (exact) mass is 330 g/mol. The second-order valence-corrected chi connectivity index (χ2v) is 5.35. The molecule has 0 fully saturated rings. The van der Waals surface area contributed by atoms with Crippen molar-refractivity contribution in [1.29, 1.82) is 0 Å². The summed E-state index contributed by atoms with van der Waals surface area (Å²) in [5.41, 5.74) is 2.06. The quantitative estimate of drug-likeness (QED) is 0.775. The highest BCUT2D eigenvalue weighted by Crippen LogP contribution is 2.22. The average molecular weight is 332 g/mol. The van der Waals surface area contributed by atoms with Gasteiger partial charge in [0.1, 0.15) is 5.82 Å². The molecule has 98 valence electrons. The van der Waals surface area contributed by atoms with Crippen LogP contribution >= 0.6 is 27.5 Å². The van der Waals surface area contributed by atoms with Crippen LogP contribution in [-0.4, -0.2) is 22.3 Å². The second-order valence-electron chi connectivity index (χ2n) is 4.17. The summed E-state index contributed by atoms with van der Waals surface area (Å²) in [5, 5.41) is 0. The number of hydrogen-bond donors (Lipinski definition) is 0. The maximum Gasteiger partial charge on any atom is 0.124 e. The smallest absolute Gasteiger partial charge is 0.124 e. The van der Waals surface area contributed by atoms with Gasteiger partial charge in [0.2, 0.25) is 0 Å². The van der Waals surface area contributed by atoms with Gasteiger partial charge in [-0.25, -0.2) is 4.98 Å². The molecule has 0 aliphatic heterocycles. The highest BCUT2D eigenvalue weighted by Gasteiger charge is 2.13. The minimum atomic E-state index is 0.147. The molecule has 0 aliphatic carbocycles. The molecule has 1 aromatic heterocycles. The second kappa shape index (κ2) is 6.04. The fraction of sp³-hybridized carbons (Fsp3) is 0.462. The first kappa shape index (κ1) is 13.8. The van der Waals surface area contributed by atoms with Crippen molar-refractivity contribution in [3.05, 3.63) is 28.5 Å². The van der Waals surface area contributed by atoms with Crippen LogP contribution in [0.3, 0.4) is 0 Å². The first-order valence-corrected chi connectivity index (χ1v) is 7.30. The van der Waals surface area contributed by atoms with Crippen LogP contribution < -0.4 is 0 Å². The van der Waals surface area contributed by atoms with Gasteiger partial charge in [0, 0.05) is 11.1 Å². The van der Waals surface area contributed by atoms with Gasteiger partial charge in [-0.1, -0.05) is 15.9 Å². The molecule has 18 heavy (non-hydrogen) atoms. The zero-order chi connectivity index (χ0) is 13.1. The number of ether oxygens (including phenoxy) is 1. The van der Waals surface area contributed by atoms with E-state index in [4.69, 9.17) is 16.3 Å². The predicted molar refractivity (Wildman–Crippen MR) is 78.1 cm³/mol. The average Bonchev–Trinajstić information content (AvgIpc) is 2.67. The third kappa shape index (κ3) is 2.87. The highest BCUT2D eigenvalue weighted by molar-refractivity contribution is 9.10. The van der Waals surface area contributed by atoms with Gasteiger partial charge in [0.05, 0.1) is 29.6 Å². The normalized spacial score (nSPS) is 13.1. The minimum absolute atomic E-state index is 0.147. The van der Waals surface area contributed by atoms with E-state index in [-0.39, 0.29) is 6.10 Å². The SMILES string of the molecule is CCOC(C)Cn1c(CCl)nc2ccc(Br)cc21. The van der Waals surface area contributed by atoms with Gasteiger partial charge in [-0.05, 0) is 32.0 Å². The number of fused-ring (bicyclic) bond motifs is 1. The third-order valence-electron chi connectivity index (χ3n) is 2.80. The van der Waals surface area contributed by atoms with Crippen molar-refractivity contribution in [3.63, 3.8) is 0 Å². The Balaban J connectivity index is 2.42. The van der Waals surface area contributed by atoms with Crippen LogP contribution in [-0.2, 0) is 17.2 Å². The van der Waals surface area contributed by atoms with Gasteiger partial charge in [0.15, 0.2) is 0 Å². The summed E-state index contributed by atoms with van der Waals surface area (Å²) in [6.07, 6.45) is 0.147. The van der Waals surface area contributed by atoms with E-state index in [0.29, 0.717) is 12.5 Å². The van der Waals surface area contributed by atoms with Crippen molar-refractivity contribution < 1.29 is 4.74 Å². The zero-order valence-corrected chi connectivity index (χ0v) is 12.8. The first-order valence-electron chi connectivity index (χ1n) is 5.98. The van der Waals surface area contributed by atoms with Gasteiger partial charge < -0.3 is 9.30 Å². The van der Waals surface area contributed by atoms with E-state index in [2.05, 4.69) is 38.5 Å². The summed E-state index contributed by atoms with van der Waals surface area (Å²) in [6, 6.07) is 6.05. The molecule has 1 aromatic carbocycles. The maximum atomic E-state index is 5.97. The molecule has 0 saturated carbocycles. The van der Waals surface area contributed by atoms with Crippen LogP contribution in [0.4, 0.5) is 0 Å². The summed E-state index contributed by atoms with van der Waals surface area (Å²) < 4.78 is 8.77. The number of benzene rings is 1. The lowest BCUT2D eigenvalue weighted by Crippen LogP contribution is -2.17. The van der Waals surface area contributed by atoms with Gasteiger partial charge >= 0.3 is 0 Å². The van der Waals surface area contributed by atoms with Gasteiger partial charge in [-0.15, -0.1) is 11.6 Å². The van der Waals surface area contributed by atoms with Crippen LogP contribution in [0, 0.1) is 0 Å². The Morgan fingerprint density at radius 1 is 1.50 bits per heavy atom. The van der Waals surface area contributed by atoms with E-state index in [1.54, 1.807) is 0 Å². The predicted octanol–water partition coefficient (Wildman–Crippen LogP) is 3.96. The van der Waals surface area contributed by atoms with E-state index in [1.807, 2.05) is 19.1 Å². The largest absolute Gasteiger partial charge is 0.377 e. The summed E-state index contributed by atoms with van der Waals surface area (Å²) in [6.45, 7) is 5.55. The molecular formula is C13H16BrClN2O. The summed E-state index contributed by atoms with van der Waals surface area (Å²) in [5.74, 6) is 1.29. The van der Waals surface area contributed by atoms with Crippen LogP contribution in [0.5, 0.6) is 0 Å². The number of hydrogen-bond acceptors (Lipinski definition) is 2. The Morgan fingerprint density at radius 2 is 2.28 bits per heavy atom. The van der Waals surface area contributed by atoms with E-state index in [1.165, 1.54) is 0 Å². The Bertz CT molecular complexity index is 541. The lowest BCUT2D eigenvalue weighted by atomic mass is 10.3. The van der Waals surface area contributed by atoms with Crippen LogP contribution in [0.15, 0.2) is 22.7 Å². The molecular weight excluding hydrogens is 316 g/mol. The summed E-state index contributed by atoms with van der Waals surface area (Å²) in [7, 11) is 0. The van der Waals surface area contributed by atoms with E-state index in [0.717, 1.165) is 27.9 Å². The lowest BCUT2D eigenvalue weighted by molar-refractivity contribution is 0.0643. The molecule has 0 aliphatic rings. The number of nitrogens with zero attached hydrogens (tertiary/aromatic N) is 2. The van der Waals surface area contributed by atoms with Crippen molar-refractivity contribution in [2.75, 3.05) is 6.61 Å². The lowest BCUT2D eigenvalue weighted by Gasteiger charge is -2.14. The third-order valence-corrected chi connectivity index (χ3v) is 3.53. The molecule has 0 radical (unpaired) electrons. The number of rotatable bonds is 5. The zero-order valence-electron chi connectivity index (χ0n) is 10.5. The molecule has 0 spiro atoms. The molecule has 5 heteroatoms. The van der Waals surface area contributed by atoms with Crippen molar-refractivity contribution >= 4 is 38.6 Å². The number of alkyl halides is 1. The van der Waals surface area contributed by atoms with Crippen molar-refractivity contribution in [3.8, 4) is 0 Å². The van der Waals surface area contributed by atoms with Gasteiger partial charge in [-0.2, -0.15) is 0 Å². The first-order chi connectivity index (χ1) is 8.65. The van der Waals surface area contributed by atoms with Crippen molar-refractivity contribution in [2.45, 2.75) is 32.4 Å². The fourth-order valence-electron chi connectivity index (χ4n) is 2.05. The molecule has 1 atom stereocenters. The molecule has 0 N–H and O–H groups in total. The number of imidazole rings is 1. The maximum absolute atomic E-state index is 5.97. The number of halogens is 2. The van der Waals surface area contributed by atoms with Crippen LogP contribution in [0.25, 0.3) is 11.0 Å². The molecule has 0 amide bonds. The standard InChI is InChI=1S/C13H16BrClN2O/c1-3-18-9(2)8-17-12-6-10(14)4-5-11(12)16-13(17)7-15/h4-6,9H,3,7-8H2,1-2H3. The molecule has 2 rings (SSSR count). The molecule has 1 unspecified atom stereocenters. The topological polar surface area (TPSA) is 27.1 Å².